The first-order chi connectivity index (χ1) is 12.3. The topological polar surface area (TPSA) is 58.6 Å². The van der Waals surface area contributed by atoms with Gasteiger partial charge in [0.2, 0.25) is 0 Å². The number of methoxy groups -OCH3 is 1. The first kappa shape index (κ1) is 15.9. The summed E-state index contributed by atoms with van der Waals surface area (Å²) in [6.07, 6.45) is 4.96. The van der Waals surface area contributed by atoms with Crippen LogP contribution in [-0.2, 0) is 12.8 Å². The normalized spacial score (nSPS) is 16.7. The molecule has 4 rings (SSSR count). The van der Waals surface area contributed by atoms with Gasteiger partial charge in [-0.3, -0.25) is 4.79 Å². The summed E-state index contributed by atoms with van der Waals surface area (Å²) in [4.78, 5) is 25.8. The molecule has 2 aromatic rings. The fourth-order valence-electron chi connectivity index (χ4n) is 3.65. The zero-order valence-corrected chi connectivity index (χ0v) is 14.4. The van der Waals surface area contributed by atoms with Crippen molar-refractivity contribution in [3.63, 3.8) is 0 Å². The molecule has 1 amide bonds. The summed E-state index contributed by atoms with van der Waals surface area (Å²) in [7, 11) is 1.62. The number of carbonyl (C=O) groups excluding carboxylic acids is 1. The van der Waals surface area contributed by atoms with Crippen LogP contribution in [0.1, 0.15) is 28.0 Å². The van der Waals surface area contributed by atoms with Crippen LogP contribution < -0.4 is 9.64 Å². The highest BCUT2D eigenvalue weighted by Crippen LogP contribution is 2.28. The fraction of sp³-hybridized carbons (Fsp3) is 0.421. The van der Waals surface area contributed by atoms with Gasteiger partial charge in [0.1, 0.15) is 17.9 Å². The minimum atomic E-state index is 0.0789. The third kappa shape index (κ3) is 3.04. The number of amides is 1. The Morgan fingerprint density at radius 3 is 2.52 bits per heavy atom. The summed E-state index contributed by atoms with van der Waals surface area (Å²) in [5.41, 5.74) is 3.20. The number of rotatable bonds is 3. The fourth-order valence-corrected chi connectivity index (χ4v) is 3.65. The highest BCUT2D eigenvalue weighted by molar-refractivity contribution is 5.94. The standard InChI is InChI=1S/C19H22N4O2/c1-25-15-7-5-14(6-8-15)19(24)23-11-9-22(10-12-23)18-16-3-2-4-17(16)20-13-21-18/h5-8,13H,2-4,9-12H2,1H3. The Kier molecular flexibility index (Phi) is 4.26. The lowest BCUT2D eigenvalue weighted by Crippen LogP contribution is -2.49. The molecule has 0 N–H and O–H groups in total. The van der Waals surface area contributed by atoms with Crippen LogP contribution >= 0.6 is 0 Å². The second-order valence-electron chi connectivity index (χ2n) is 6.48. The van der Waals surface area contributed by atoms with Crippen molar-refractivity contribution in [2.24, 2.45) is 0 Å². The number of nitrogens with zero attached hydrogens (tertiary/aromatic N) is 4. The van der Waals surface area contributed by atoms with Gasteiger partial charge in [-0.15, -0.1) is 0 Å². The van der Waals surface area contributed by atoms with Gasteiger partial charge in [-0.1, -0.05) is 0 Å². The molecule has 2 heterocycles. The Morgan fingerprint density at radius 2 is 1.80 bits per heavy atom. The van der Waals surface area contributed by atoms with E-state index in [1.165, 1.54) is 11.3 Å². The predicted molar refractivity (Wildman–Crippen MR) is 95.2 cm³/mol. The maximum absolute atomic E-state index is 12.7. The molecule has 130 valence electrons. The minimum absolute atomic E-state index is 0.0789. The molecule has 0 bridgehead atoms. The van der Waals surface area contributed by atoms with E-state index in [-0.39, 0.29) is 5.91 Å². The molecule has 0 radical (unpaired) electrons. The van der Waals surface area contributed by atoms with Crippen LogP contribution in [0.5, 0.6) is 5.75 Å². The zero-order valence-electron chi connectivity index (χ0n) is 14.4. The average Bonchev–Trinajstić information content (AvgIpc) is 3.16. The molecule has 0 saturated carbocycles. The number of piperazine rings is 1. The third-order valence-electron chi connectivity index (χ3n) is 5.06. The van der Waals surface area contributed by atoms with E-state index >= 15 is 0 Å². The number of aryl methyl sites for hydroxylation is 1. The number of fused-ring (bicyclic) bond motifs is 1. The van der Waals surface area contributed by atoms with Crippen LogP contribution in [0.25, 0.3) is 0 Å². The Balaban J connectivity index is 1.43. The number of aromatic nitrogens is 2. The van der Waals surface area contributed by atoms with Gasteiger partial charge < -0.3 is 14.5 Å². The molecule has 1 aliphatic heterocycles. The maximum atomic E-state index is 12.7. The van der Waals surface area contributed by atoms with Crippen molar-refractivity contribution in [1.29, 1.82) is 0 Å². The molecule has 0 unspecified atom stereocenters. The van der Waals surface area contributed by atoms with Gasteiger partial charge in [-0.2, -0.15) is 0 Å². The quantitative estimate of drug-likeness (QED) is 0.856. The molecule has 0 spiro atoms. The van der Waals surface area contributed by atoms with E-state index in [0.717, 1.165) is 43.9 Å². The molecule has 1 aliphatic carbocycles. The van der Waals surface area contributed by atoms with Crippen LogP contribution in [0.3, 0.4) is 0 Å². The lowest BCUT2D eigenvalue weighted by Gasteiger charge is -2.36. The number of anilines is 1. The highest BCUT2D eigenvalue weighted by Gasteiger charge is 2.26. The van der Waals surface area contributed by atoms with Crippen molar-refractivity contribution in [2.75, 3.05) is 38.2 Å². The van der Waals surface area contributed by atoms with Crippen molar-refractivity contribution in [2.45, 2.75) is 19.3 Å². The number of benzene rings is 1. The molecule has 6 heteroatoms. The largest absolute Gasteiger partial charge is 0.497 e. The molecule has 1 aromatic heterocycles. The van der Waals surface area contributed by atoms with Crippen LogP contribution in [0.4, 0.5) is 5.82 Å². The van der Waals surface area contributed by atoms with Gasteiger partial charge in [0.05, 0.1) is 7.11 Å². The van der Waals surface area contributed by atoms with Crippen molar-refractivity contribution < 1.29 is 9.53 Å². The maximum Gasteiger partial charge on any atom is 0.253 e. The van der Waals surface area contributed by atoms with Crippen LogP contribution in [0, 0.1) is 0 Å². The molecule has 1 saturated heterocycles. The van der Waals surface area contributed by atoms with Gasteiger partial charge in [0, 0.05) is 43.0 Å². The van der Waals surface area contributed by atoms with E-state index in [9.17, 15) is 4.79 Å². The van der Waals surface area contributed by atoms with E-state index in [2.05, 4.69) is 14.9 Å². The Morgan fingerprint density at radius 1 is 1.04 bits per heavy atom. The second-order valence-corrected chi connectivity index (χ2v) is 6.48. The van der Waals surface area contributed by atoms with E-state index in [0.29, 0.717) is 18.7 Å². The van der Waals surface area contributed by atoms with Crippen LogP contribution in [0.15, 0.2) is 30.6 Å². The van der Waals surface area contributed by atoms with Gasteiger partial charge in [0.15, 0.2) is 0 Å². The summed E-state index contributed by atoms with van der Waals surface area (Å²) >= 11 is 0. The summed E-state index contributed by atoms with van der Waals surface area (Å²) < 4.78 is 5.15. The predicted octanol–water partition coefficient (Wildman–Crippen LogP) is 1.94. The molecule has 1 aromatic carbocycles. The van der Waals surface area contributed by atoms with Gasteiger partial charge in [-0.25, -0.2) is 9.97 Å². The SMILES string of the molecule is COc1ccc(C(=O)N2CCN(c3ncnc4c3CCC4)CC2)cc1. The number of carbonyl (C=O) groups is 1. The number of ether oxygens (including phenoxy) is 1. The van der Waals surface area contributed by atoms with Crippen molar-refractivity contribution in [3.8, 4) is 5.75 Å². The second kappa shape index (κ2) is 6.70. The highest BCUT2D eigenvalue weighted by atomic mass is 16.5. The van der Waals surface area contributed by atoms with Gasteiger partial charge in [0.25, 0.3) is 5.91 Å². The van der Waals surface area contributed by atoms with Gasteiger partial charge >= 0.3 is 0 Å². The van der Waals surface area contributed by atoms with E-state index in [4.69, 9.17) is 4.74 Å². The first-order valence-electron chi connectivity index (χ1n) is 8.77. The van der Waals surface area contributed by atoms with Crippen LogP contribution in [0.2, 0.25) is 0 Å². The Hall–Kier alpha value is -2.63. The third-order valence-corrected chi connectivity index (χ3v) is 5.06. The smallest absolute Gasteiger partial charge is 0.253 e. The van der Waals surface area contributed by atoms with Crippen LogP contribution in [-0.4, -0.2) is 54.1 Å². The molecule has 2 aliphatic rings. The first-order valence-corrected chi connectivity index (χ1v) is 8.77. The van der Waals surface area contributed by atoms with E-state index in [1.54, 1.807) is 13.4 Å². The monoisotopic (exact) mass is 338 g/mol. The zero-order chi connectivity index (χ0) is 17.2. The van der Waals surface area contributed by atoms with Crippen molar-refractivity contribution in [1.82, 2.24) is 14.9 Å². The lowest BCUT2D eigenvalue weighted by molar-refractivity contribution is 0.0746. The molecule has 25 heavy (non-hydrogen) atoms. The lowest BCUT2D eigenvalue weighted by atomic mass is 10.1. The summed E-state index contributed by atoms with van der Waals surface area (Å²) in [5.74, 6) is 1.91. The number of hydrogen-bond donors (Lipinski definition) is 0. The molecule has 0 atom stereocenters. The van der Waals surface area contributed by atoms with Crippen molar-refractivity contribution >= 4 is 11.7 Å². The van der Waals surface area contributed by atoms with E-state index < -0.39 is 0 Å². The number of hydrogen-bond acceptors (Lipinski definition) is 5. The Bertz CT molecular complexity index is 767. The molecular weight excluding hydrogens is 316 g/mol. The summed E-state index contributed by atoms with van der Waals surface area (Å²) in [6.45, 7) is 3.05. The van der Waals surface area contributed by atoms with Crippen molar-refractivity contribution in [3.05, 3.63) is 47.4 Å². The molecular formula is C19H22N4O2. The van der Waals surface area contributed by atoms with Gasteiger partial charge in [-0.05, 0) is 43.5 Å². The Labute approximate surface area is 147 Å². The summed E-state index contributed by atoms with van der Waals surface area (Å²) in [5, 5.41) is 0. The molecule has 1 fully saturated rings. The van der Waals surface area contributed by atoms with E-state index in [1.807, 2.05) is 29.2 Å². The minimum Gasteiger partial charge on any atom is -0.497 e. The molecule has 6 nitrogen and oxygen atoms in total. The average molecular weight is 338 g/mol. The summed E-state index contributed by atoms with van der Waals surface area (Å²) in [6, 6.07) is 7.30.